The van der Waals surface area contributed by atoms with Crippen LogP contribution in [0.15, 0.2) is 41.1 Å². The summed E-state index contributed by atoms with van der Waals surface area (Å²) in [7, 11) is 0. The zero-order chi connectivity index (χ0) is 12.4. The Morgan fingerprint density at radius 1 is 1.33 bits per heavy atom. The van der Waals surface area contributed by atoms with Crippen molar-refractivity contribution in [2.24, 2.45) is 0 Å². The molecule has 0 unspecified atom stereocenters. The summed E-state index contributed by atoms with van der Waals surface area (Å²) in [6.45, 7) is 1.02. The summed E-state index contributed by atoms with van der Waals surface area (Å²) in [6, 6.07) is 7.52. The first-order chi connectivity index (χ1) is 8.81. The van der Waals surface area contributed by atoms with Gasteiger partial charge in [-0.25, -0.2) is 0 Å². The van der Waals surface area contributed by atoms with E-state index in [1.54, 1.807) is 17.1 Å². The van der Waals surface area contributed by atoms with Crippen LogP contribution >= 0.6 is 0 Å². The minimum Gasteiger partial charge on any atom is -0.448 e. The Bertz CT molecular complexity index is 626. The van der Waals surface area contributed by atoms with Crippen LogP contribution in [-0.2, 0) is 6.54 Å². The Labute approximate surface area is 103 Å². The second-order valence-corrected chi connectivity index (χ2v) is 3.83. The molecule has 0 fully saturated rings. The maximum atomic E-state index is 5.56. The number of hydrogen-bond donors (Lipinski definition) is 1. The lowest BCUT2D eigenvalue weighted by Crippen LogP contribution is -2.08. The van der Waals surface area contributed by atoms with Crippen molar-refractivity contribution >= 4 is 16.8 Å². The summed E-state index contributed by atoms with van der Waals surface area (Å²) in [4.78, 5) is 4.21. The van der Waals surface area contributed by atoms with Gasteiger partial charge in [-0.3, -0.25) is 4.68 Å². The topological polar surface area (TPSA) is 79.1 Å². The molecule has 0 aliphatic heterocycles. The predicted octanol–water partition coefficient (Wildman–Crippen LogP) is 1.69. The molecule has 0 saturated heterocycles. The highest BCUT2D eigenvalue weighted by molar-refractivity contribution is 5.72. The molecule has 0 aliphatic rings. The summed E-state index contributed by atoms with van der Waals surface area (Å²) in [5.41, 5.74) is 7.70. The number of ether oxygens (including phenoxy) is 1. The molecule has 0 aliphatic carbocycles. The first kappa shape index (κ1) is 10.6. The lowest BCUT2D eigenvalue weighted by atomic mass is 10.3. The monoisotopic (exact) mass is 244 g/mol. The Morgan fingerprint density at radius 2 is 2.22 bits per heavy atom. The van der Waals surface area contributed by atoms with Crippen molar-refractivity contribution in [2.45, 2.75) is 6.54 Å². The van der Waals surface area contributed by atoms with Gasteiger partial charge in [0.1, 0.15) is 12.1 Å². The summed E-state index contributed by atoms with van der Waals surface area (Å²) in [5, 5.41) is 4.05. The van der Waals surface area contributed by atoms with Gasteiger partial charge < -0.3 is 14.9 Å². The van der Waals surface area contributed by atoms with Crippen LogP contribution in [-0.4, -0.2) is 21.4 Å². The number of para-hydroxylation sites is 2. The summed E-state index contributed by atoms with van der Waals surface area (Å²) in [5.74, 6) is 0. The van der Waals surface area contributed by atoms with Crippen molar-refractivity contribution < 1.29 is 9.15 Å². The molecule has 0 amide bonds. The van der Waals surface area contributed by atoms with E-state index in [1.807, 2.05) is 24.3 Å². The number of aromatic nitrogens is 3. The van der Waals surface area contributed by atoms with Crippen LogP contribution in [0.25, 0.3) is 11.1 Å². The average Bonchev–Trinajstić information content (AvgIpc) is 2.95. The van der Waals surface area contributed by atoms with Crippen molar-refractivity contribution in [1.29, 1.82) is 0 Å². The maximum absolute atomic E-state index is 5.56. The quantitative estimate of drug-likeness (QED) is 0.755. The van der Waals surface area contributed by atoms with E-state index in [1.165, 1.54) is 0 Å². The van der Waals surface area contributed by atoms with E-state index in [0.29, 0.717) is 18.8 Å². The lowest BCUT2D eigenvalue weighted by Gasteiger charge is -2.00. The zero-order valence-corrected chi connectivity index (χ0v) is 9.61. The number of nitrogen functional groups attached to an aromatic ring is 1. The standard InChI is InChI=1S/C12H12N4O2/c13-9-7-14-16(8-9)5-6-17-12-15-10-3-1-2-4-11(10)18-12/h1-4,7-8H,5-6,13H2. The van der Waals surface area contributed by atoms with Gasteiger partial charge in [-0.2, -0.15) is 10.1 Å². The number of oxazole rings is 1. The van der Waals surface area contributed by atoms with Crippen LogP contribution in [0.3, 0.4) is 0 Å². The van der Waals surface area contributed by atoms with Crippen molar-refractivity contribution in [3.8, 4) is 6.08 Å². The first-order valence-electron chi connectivity index (χ1n) is 5.57. The highest BCUT2D eigenvalue weighted by Gasteiger charge is 2.05. The van der Waals surface area contributed by atoms with Crippen LogP contribution in [0.5, 0.6) is 6.08 Å². The van der Waals surface area contributed by atoms with E-state index in [4.69, 9.17) is 14.9 Å². The molecule has 1 aromatic carbocycles. The summed E-state index contributed by atoms with van der Waals surface area (Å²) < 4.78 is 12.6. The Hall–Kier alpha value is -2.50. The molecule has 3 aromatic rings. The van der Waals surface area contributed by atoms with Gasteiger partial charge in [0.2, 0.25) is 0 Å². The van der Waals surface area contributed by atoms with Gasteiger partial charge in [0, 0.05) is 6.20 Å². The van der Waals surface area contributed by atoms with Crippen molar-refractivity contribution in [3.63, 3.8) is 0 Å². The number of nitrogens with zero attached hydrogens (tertiary/aromatic N) is 3. The van der Waals surface area contributed by atoms with Crippen LogP contribution in [0.4, 0.5) is 5.69 Å². The number of fused-ring (bicyclic) bond motifs is 1. The van der Waals surface area contributed by atoms with Gasteiger partial charge in [-0.05, 0) is 12.1 Å². The average molecular weight is 244 g/mol. The Kier molecular flexibility index (Phi) is 2.60. The predicted molar refractivity (Wildman–Crippen MR) is 66.1 cm³/mol. The summed E-state index contributed by atoms with van der Waals surface area (Å²) in [6.07, 6.45) is 3.62. The molecule has 18 heavy (non-hydrogen) atoms. The van der Waals surface area contributed by atoms with E-state index in [-0.39, 0.29) is 6.08 Å². The van der Waals surface area contributed by atoms with Crippen LogP contribution < -0.4 is 10.5 Å². The SMILES string of the molecule is Nc1cnn(CCOc2nc3ccccc3o2)c1. The molecule has 0 spiro atoms. The molecule has 2 heterocycles. The van der Waals surface area contributed by atoms with E-state index in [9.17, 15) is 0 Å². The third-order valence-corrected chi connectivity index (χ3v) is 2.47. The van der Waals surface area contributed by atoms with E-state index in [2.05, 4.69) is 10.1 Å². The third kappa shape index (κ3) is 2.13. The van der Waals surface area contributed by atoms with Crippen molar-refractivity contribution in [2.75, 3.05) is 12.3 Å². The Balaban J connectivity index is 1.62. The van der Waals surface area contributed by atoms with Crippen molar-refractivity contribution in [3.05, 3.63) is 36.7 Å². The minimum atomic E-state index is 0.274. The minimum absolute atomic E-state index is 0.274. The molecule has 0 saturated carbocycles. The van der Waals surface area contributed by atoms with Gasteiger partial charge in [0.05, 0.1) is 18.4 Å². The van der Waals surface area contributed by atoms with E-state index < -0.39 is 0 Å². The zero-order valence-electron chi connectivity index (χ0n) is 9.61. The van der Waals surface area contributed by atoms with E-state index in [0.717, 1.165) is 11.1 Å². The van der Waals surface area contributed by atoms with Crippen LogP contribution in [0, 0.1) is 0 Å². The second-order valence-electron chi connectivity index (χ2n) is 3.83. The smallest absolute Gasteiger partial charge is 0.394 e. The van der Waals surface area contributed by atoms with Gasteiger partial charge >= 0.3 is 6.08 Å². The lowest BCUT2D eigenvalue weighted by molar-refractivity contribution is 0.222. The van der Waals surface area contributed by atoms with Gasteiger partial charge in [-0.15, -0.1) is 0 Å². The molecule has 6 nitrogen and oxygen atoms in total. The number of anilines is 1. The number of benzene rings is 1. The normalized spacial score (nSPS) is 10.9. The molecule has 2 N–H and O–H groups in total. The fourth-order valence-corrected chi connectivity index (χ4v) is 1.64. The van der Waals surface area contributed by atoms with E-state index >= 15 is 0 Å². The molecule has 0 bridgehead atoms. The molecule has 0 atom stereocenters. The molecular weight excluding hydrogens is 232 g/mol. The van der Waals surface area contributed by atoms with Gasteiger partial charge in [0.15, 0.2) is 5.58 Å². The molecule has 6 heteroatoms. The fraction of sp³-hybridized carbons (Fsp3) is 0.167. The largest absolute Gasteiger partial charge is 0.448 e. The molecule has 92 valence electrons. The Morgan fingerprint density at radius 3 is 3.00 bits per heavy atom. The van der Waals surface area contributed by atoms with Crippen molar-refractivity contribution in [1.82, 2.24) is 14.8 Å². The van der Waals surface area contributed by atoms with Crippen LogP contribution in [0.2, 0.25) is 0 Å². The first-order valence-corrected chi connectivity index (χ1v) is 5.57. The van der Waals surface area contributed by atoms with Crippen LogP contribution in [0.1, 0.15) is 0 Å². The number of hydrogen-bond acceptors (Lipinski definition) is 5. The fourth-order valence-electron chi connectivity index (χ4n) is 1.64. The molecule has 2 aromatic heterocycles. The highest BCUT2D eigenvalue weighted by Crippen LogP contribution is 2.19. The second kappa shape index (κ2) is 4.40. The number of rotatable bonds is 4. The molecule has 0 radical (unpaired) electrons. The van der Waals surface area contributed by atoms with Gasteiger partial charge in [0.25, 0.3) is 0 Å². The third-order valence-electron chi connectivity index (χ3n) is 2.47. The highest BCUT2D eigenvalue weighted by atomic mass is 16.6. The summed E-state index contributed by atoms with van der Waals surface area (Å²) >= 11 is 0. The van der Waals surface area contributed by atoms with Gasteiger partial charge in [-0.1, -0.05) is 12.1 Å². The molecule has 3 rings (SSSR count). The molecular formula is C12H12N4O2. The number of nitrogens with two attached hydrogens (primary N) is 1. The maximum Gasteiger partial charge on any atom is 0.394 e.